The summed E-state index contributed by atoms with van der Waals surface area (Å²) >= 11 is 0. The molecule has 1 aliphatic rings. The Kier molecular flexibility index (Phi) is 4.02. The third-order valence-electron chi connectivity index (χ3n) is 3.98. The number of nitrogens with zero attached hydrogens (tertiary/aromatic N) is 1. The van der Waals surface area contributed by atoms with Gasteiger partial charge in [0, 0.05) is 12.0 Å². The van der Waals surface area contributed by atoms with Crippen molar-refractivity contribution >= 4 is 0 Å². The summed E-state index contributed by atoms with van der Waals surface area (Å²) in [5, 5.41) is 7.38. The third kappa shape index (κ3) is 2.85. The van der Waals surface area contributed by atoms with Gasteiger partial charge in [-0.05, 0) is 49.5 Å². The lowest BCUT2D eigenvalue weighted by Crippen LogP contribution is -2.28. The van der Waals surface area contributed by atoms with E-state index in [4.69, 9.17) is 9.26 Å². The van der Waals surface area contributed by atoms with Crippen molar-refractivity contribution in [2.24, 2.45) is 5.92 Å². The van der Waals surface area contributed by atoms with Crippen LogP contribution >= 0.6 is 0 Å². The van der Waals surface area contributed by atoms with E-state index in [0.717, 1.165) is 42.1 Å². The van der Waals surface area contributed by atoms with Crippen LogP contribution in [0.4, 0.5) is 0 Å². The van der Waals surface area contributed by atoms with Crippen LogP contribution in [0.15, 0.2) is 35.0 Å². The second-order valence-electron chi connectivity index (χ2n) is 5.29. The van der Waals surface area contributed by atoms with Crippen molar-refractivity contribution in [3.63, 3.8) is 0 Å². The highest BCUT2D eigenvalue weighted by molar-refractivity contribution is 5.65. The van der Waals surface area contributed by atoms with Crippen molar-refractivity contribution in [1.29, 1.82) is 0 Å². The normalized spacial score (nSPS) is 16.2. The van der Waals surface area contributed by atoms with Crippen molar-refractivity contribution in [2.75, 3.05) is 20.2 Å². The predicted octanol–water partition coefficient (Wildman–Crippen LogP) is 2.89. The van der Waals surface area contributed by atoms with Crippen LogP contribution in [0.3, 0.4) is 0 Å². The van der Waals surface area contributed by atoms with Crippen molar-refractivity contribution in [3.8, 4) is 16.9 Å². The van der Waals surface area contributed by atoms with Crippen molar-refractivity contribution in [3.05, 3.63) is 36.2 Å². The van der Waals surface area contributed by atoms with Gasteiger partial charge < -0.3 is 14.6 Å². The second-order valence-corrected chi connectivity index (χ2v) is 5.29. The number of ether oxygens (including phenoxy) is 1. The quantitative estimate of drug-likeness (QED) is 0.929. The predicted molar refractivity (Wildman–Crippen MR) is 77.8 cm³/mol. The Morgan fingerprint density at radius 2 is 2.00 bits per heavy atom. The van der Waals surface area contributed by atoms with E-state index in [1.807, 2.05) is 18.3 Å². The Labute approximate surface area is 119 Å². The van der Waals surface area contributed by atoms with Gasteiger partial charge in [0.15, 0.2) is 0 Å². The van der Waals surface area contributed by atoms with Gasteiger partial charge in [0.2, 0.25) is 0 Å². The standard InChI is InChI=1S/C16H20N2O2/c1-19-14-4-2-13(3-5-14)15-11-18-20-16(15)10-12-6-8-17-9-7-12/h2-5,11-12,17H,6-10H2,1H3. The van der Waals surface area contributed by atoms with Gasteiger partial charge in [-0.1, -0.05) is 17.3 Å². The van der Waals surface area contributed by atoms with E-state index < -0.39 is 0 Å². The molecule has 3 rings (SSSR count). The maximum atomic E-state index is 5.48. The third-order valence-corrected chi connectivity index (χ3v) is 3.98. The Morgan fingerprint density at radius 1 is 1.25 bits per heavy atom. The summed E-state index contributed by atoms with van der Waals surface area (Å²) in [7, 11) is 1.68. The lowest BCUT2D eigenvalue weighted by molar-refractivity contribution is 0.319. The van der Waals surface area contributed by atoms with Crippen LogP contribution < -0.4 is 10.1 Å². The average Bonchev–Trinajstić information content (AvgIpc) is 2.96. The molecule has 0 saturated carbocycles. The fraction of sp³-hybridized carbons (Fsp3) is 0.438. The molecular weight excluding hydrogens is 252 g/mol. The summed E-state index contributed by atoms with van der Waals surface area (Å²) in [5.41, 5.74) is 2.24. The molecule has 2 aromatic rings. The molecule has 0 bridgehead atoms. The van der Waals surface area contributed by atoms with E-state index in [9.17, 15) is 0 Å². The lowest BCUT2D eigenvalue weighted by atomic mass is 9.91. The maximum Gasteiger partial charge on any atom is 0.144 e. The first-order valence-electron chi connectivity index (χ1n) is 7.15. The zero-order chi connectivity index (χ0) is 13.8. The van der Waals surface area contributed by atoms with Crippen LogP contribution in [0.1, 0.15) is 18.6 Å². The maximum absolute atomic E-state index is 5.48. The molecule has 4 heteroatoms. The summed E-state index contributed by atoms with van der Waals surface area (Å²) in [5.74, 6) is 2.56. The SMILES string of the molecule is COc1ccc(-c2cnoc2CC2CCNCC2)cc1. The van der Waals surface area contributed by atoms with Crippen LogP contribution in [0.5, 0.6) is 5.75 Å². The number of rotatable bonds is 4. The van der Waals surface area contributed by atoms with Gasteiger partial charge in [-0.15, -0.1) is 0 Å². The fourth-order valence-corrected chi connectivity index (χ4v) is 2.77. The van der Waals surface area contributed by atoms with Crippen molar-refractivity contribution < 1.29 is 9.26 Å². The van der Waals surface area contributed by atoms with Crippen LogP contribution in [-0.4, -0.2) is 25.4 Å². The second kappa shape index (κ2) is 6.09. The Bertz CT molecular complexity index is 542. The first-order valence-corrected chi connectivity index (χ1v) is 7.15. The number of aromatic nitrogens is 1. The van der Waals surface area contributed by atoms with E-state index in [-0.39, 0.29) is 0 Å². The molecule has 2 heterocycles. The molecule has 1 aromatic heterocycles. The number of hydrogen-bond donors (Lipinski definition) is 1. The van der Waals surface area contributed by atoms with E-state index in [1.54, 1.807) is 7.11 Å². The molecule has 1 N–H and O–H groups in total. The molecule has 106 valence electrons. The molecule has 1 saturated heterocycles. The first-order chi connectivity index (χ1) is 9.86. The highest BCUT2D eigenvalue weighted by Gasteiger charge is 2.18. The summed E-state index contributed by atoms with van der Waals surface area (Å²) < 4.78 is 10.7. The van der Waals surface area contributed by atoms with E-state index >= 15 is 0 Å². The highest BCUT2D eigenvalue weighted by atomic mass is 16.5. The molecule has 0 amide bonds. The zero-order valence-electron chi connectivity index (χ0n) is 11.8. The molecule has 1 fully saturated rings. The Balaban J connectivity index is 1.77. The number of benzene rings is 1. The topological polar surface area (TPSA) is 47.3 Å². The largest absolute Gasteiger partial charge is 0.497 e. The van der Waals surface area contributed by atoms with Crippen molar-refractivity contribution in [2.45, 2.75) is 19.3 Å². The van der Waals surface area contributed by atoms with Gasteiger partial charge in [0.25, 0.3) is 0 Å². The minimum absolute atomic E-state index is 0.696. The Hall–Kier alpha value is -1.81. The molecule has 0 atom stereocenters. The first kappa shape index (κ1) is 13.2. The van der Waals surface area contributed by atoms with Gasteiger partial charge in [0.1, 0.15) is 11.5 Å². The highest BCUT2D eigenvalue weighted by Crippen LogP contribution is 2.29. The van der Waals surface area contributed by atoms with Gasteiger partial charge in [-0.2, -0.15) is 0 Å². The van der Waals surface area contributed by atoms with Gasteiger partial charge >= 0.3 is 0 Å². The van der Waals surface area contributed by atoms with E-state index in [1.165, 1.54) is 12.8 Å². The van der Waals surface area contributed by atoms with Crippen LogP contribution in [-0.2, 0) is 6.42 Å². The molecule has 1 aromatic carbocycles. The molecule has 20 heavy (non-hydrogen) atoms. The number of nitrogens with one attached hydrogen (secondary N) is 1. The number of piperidine rings is 1. The minimum atomic E-state index is 0.696. The molecule has 1 aliphatic heterocycles. The lowest BCUT2D eigenvalue weighted by Gasteiger charge is -2.21. The van der Waals surface area contributed by atoms with Gasteiger partial charge in [-0.25, -0.2) is 0 Å². The molecule has 0 aliphatic carbocycles. The van der Waals surface area contributed by atoms with Crippen LogP contribution in [0, 0.1) is 5.92 Å². The Morgan fingerprint density at radius 3 is 2.70 bits per heavy atom. The molecule has 0 unspecified atom stereocenters. The van der Waals surface area contributed by atoms with Gasteiger partial charge in [-0.3, -0.25) is 0 Å². The summed E-state index contributed by atoms with van der Waals surface area (Å²) in [6.45, 7) is 2.22. The molecule has 0 spiro atoms. The fourth-order valence-electron chi connectivity index (χ4n) is 2.77. The summed E-state index contributed by atoms with van der Waals surface area (Å²) in [6.07, 6.45) is 5.22. The summed E-state index contributed by atoms with van der Waals surface area (Å²) in [4.78, 5) is 0. The molecular formula is C16H20N2O2. The van der Waals surface area contributed by atoms with Crippen LogP contribution in [0.25, 0.3) is 11.1 Å². The van der Waals surface area contributed by atoms with Gasteiger partial charge in [0.05, 0.1) is 13.3 Å². The monoisotopic (exact) mass is 272 g/mol. The van der Waals surface area contributed by atoms with E-state index in [2.05, 4.69) is 22.6 Å². The zero-order valence-corrected chi connectivity index (χ0v) is 11.8. The summed E-state index contributed by atoms with van der Waals surface area (Å²) in [6, 6.07) is 8.04. The van der Waals surface area contributed by atoms with E-state index in [0.29, 0.717) is 5.92 Å². The minimum Gasteiger partial charge on any atom is -0.497 e. The molecule has 4 nitrogen and oxygen atoms in total. The average molecular weight is 272 g/mol. The number of methoxy groups -OCH3 is 1. The van der Waals surface area contributed by atoms with Crippen LogP contribution in [0.2, 0.25) is 0 Å². The van der Waals surface area contributed by atoms with Crippen molar-refractivity contribution in [1.82, 2.24) is 10.5 Å². The molecule has 0 radical (unpaired) electrons. The number of hydrogen-bond acceptors (Lipinski definition) is 4. The smallest absolute Gasteiger partial charge is 0.144 e.